The normalized spacial score (nSPS) is 33.2. The molecule has 0 N–H and O–H groups in total. The predicted molar refractivity (Wildman–Crippen MR) is 67.5 cm³/mol. The van der Waals surface area contributed by atoms with E-state index in [4.69, 9.17) is 0 Å². The van der Waals surface area contributed by atoms with E-state index in [1.807, 2.05) is 6.07 Å². The van der Waals surface area contributed by atoms with E-state index >= 15 is 0 Å². The van der Waals surface area contributed by atoms with Gasteiger partial charge < -0.3 is 0 Å². The van der Waals surface area contributed by atoms with Crippen molar-refractivity contribution in [2.24, 2.45) is 0 Å². The second-order valence-corrected chi connectivity index (χ2v) is 5.83. The van der Waals surface area contributed by atoms with Gasteiger partial charge in [0, 0.05) is 28.9 Å². The third-order valence-electron chi connectivity index (χ3n) is 3.78. The number of quaternary nitrogens is 1. The molecule has 0 spiro atoms. The molecule has 0 saturated carbocycles. The maximum atomic E-state index is 10.9. The zero-order valence-electron chi connectivity index (χ0n) is 9.83. The summed E-state index contributed by atoms with van der Waals surface area (Å²) in [6.07, 6.45) is 6.08. The summed E-state index contributed by atoms with van der Waals surface area (Å²) in [5.74, 6) is 0. The Balaban J connectivity index is 1.81. The molecule has 2 saturated heterocycles. The van der Waals surface area contributed by atoms with Gasteiger partial charge in [-0.3, -0.25) is 15.1 Å². The zero-order chi connectivity index (χ0) is 12.8. The number of nitrogens with zero attached hydrogens (tertiary/aromatic N) is 4. The number of fused-ring (bicyclic) bond motifs is 1. The van der Waals surface area contributed by atoms with Gasteiger partial charge in [-0.2, -0.15) is 4.59 Å². The van der Waals surface area contributed by atoms with E-state index in [0.717, 1.165) is 29.4 Å². The Bertz CT molecular complexity index is 486. The van der Waals surface area contributed by atoms with E-state index in [-0.39, 0.29) is 11.6 Å². The molecule has 2 fully saturated rings. The van der Waals surface area contributed by atoms with Gasteiger partial charge in [-0.1, -0.05) is 5.01 Å². The number of nitro groups is 1. The molecule has 2 aliphatic rings. The van der Waals surface area contributed by atoms with Crippen molar-refractivity contribution in [1.29, 1.82) is 0 Å². The molecule has 3 heterocycles. The SMILES string of the molecule is O=[N+]([O-])C[N+]1(Cc2cncc(Br)c2)C2CCCN21. The van der Waals surface area contributed by atoms with Crippen LogP contribution in [0.25, 0.3) is 0 Å². The first-order chi connectivity index (χ1) is 8.62. The van der Waals surface area contributed by atoms with Crippen LogP contribution in [0.15, 0.2) is 22.9 Å². The number of halogens is 1. The van der Waals surface area contributed by atoms with Crippen molar-refractivity contribution in [2.45, 2.75) is 25.6 Å². The molecule has 3 atom stereocenters. The Morgan fingerprint density at radius 2 is 2.44 bits per heavy atom. The summed E-state index contributed by atoms with van der Waals surface area (Å²) >= 11 is 3.39. The molecule has 6 nitrogen and oxygen atoms in total. The van der Waals surface area contributed by atoms with Gasteiger partial charge in [0.15, 0.2) is 0 Å². The van der Waals surface area contributed by atoms with E-state index in [1.165, 1.54) is 0 Å². The molecule has 0 bridgehead atoms. The van der Waals surface area contributed by atoms with Gasteiger partial charge in [-0.25, -0.2) is 0 Å². The molecule has 96 valence electrons. The lowest BCUT2D eigenvalue weighted by Crippen LogP contribution is -2.38. The molecule has 2 aliphatic heterocycles. The molecule has 1 aromatic rings. The Kier molecular flexibility index (Phi) is 2.84. The zero-order valence-corrected chi connectivity index (χ0v) is 11.4. The standard InChI is InChI=1S/C11H14BrN4O2/c12-10-4-9(5-13-6-10)7-16(8-15(17)18)11-2-1-3-14(11)16/h4-6,11H,1-3,7-8H2/q+1. The highest BCUT2D eigenvalue weighted by Gasteiger charge is 2.69. The van der Waals surface area contributed by atoms with Gasteiger partial charge >= 0.3 is 6.67 Å². The van der Waals surface area contributed by atoms with Gasteiger partial charge in [0.05, 0.1) is 11.5 Å². The average molecular weight is 314 g/mol. The van der Waals surface area contributed by atoms with Crippen molar-refractivity contribution in [2.75, 3.05) is 13.2 Å². The third-order valence-corrected chi connectivity index (χ3v) is 4.22. The summed E-state index contributed by atoms with van der Waals surface area (Å²) in [6, 6.07) is 1.99. The minimum atomic E-state index is -0.205. The summed E-state index contributed by atoms with van der Waals surface area (Å²) in [5, 5.41) is 13.1. The van der Waals surface area contributed by atoms with Crippen LogP contribution in [0.2, 0.25) is 0 Å². The van der Waals surface area contributed by atoms with Crippen LogP contribution in [0, 0.1) is 10.1 Å². The Morgan fingerprint density at radius 3 is 3.06 bits per heavy atom. The van der Waals surface area contributed by atoms with Gasteiger partial charge in [0.1, 0.15) is 6.54 Å². The molecule has 3 rings (SSSR count). The lowest BCUT2D eigenvalue weighted by molar-refractivity contribution is -0.962. The Labute approximate surface area is 113 Å². The number of pyridine rings is 1. The largest absolute Gasteiger partial charge is 0.347 e. The van der Waals surface area contributed by atoms with Crippen molar-refractivity contribution in [3.63, 3.8) is 0 Å². The minimum Gasteiger partial charge on any atom is -0.263 e. The fraction of sp³-hybridized carbons (Fsp3) is 0.545. The van der Waals surface area contributed by atoms with Gasteiger partial charge in [0.2, 0.25) is 6.17 Å². The maximum Gasteiger partial charge on any atom is 0.347 e. The van der Waals surface area contributed by atoms with Crippen LogP contribution in [-0.2, 0) is 6.54 Å². The van der Waals surface area contributed by atoms with Crippen LogP contribution in [-0.4, -0.2) is 38.9 Å². The van der Waals surface area contributed by atoms with E-state index < -0.39 is 0 Å². The molecule has 0 aliphatic carbocycles. The quantitative estimate of drug-likeness (QED) is 0.368. The first-order valence-corrected chi connectivity index (χ1v) is 6.76. The van der Waals surface area contributed by atoms with Crippen LogP contribution in [0.3, 0.4) is 0 Å². The molecule has 18 heavy (non-hydrogen) atoms. The second-order valence-electron chi connectivity index (χ2n) is 4.92. The highest BCUT2D eigenvalue weighted by molar-refractivity contribution is 9.10. The van der Waals surface area contributed by atoms with Crippen LogP contribution in [0.4, 0.5) is 0 Å². The Hall–Kier alpha value is -1.05. The van der Waals surface area contributed by atoms with E-state index in [0.29, 0.717) is 17.3 Å². The summed E-state index contributed by atoms with van der Waals surface area (Å²) in [5.41, 5.74) is 1.04. The maximum absolute atomic E-state index is 10.9. The molecular weight excluding hydrogens is 300 g/mol. The molecule has 1 aromatic heterocycles. The summed E-state index contributed by atoms with van der Waals surface area (Å²) < 4.78 is 1.40. The van der Waals surface area contributed by atoms with E-state index in [1.54, 1.807) is 12.4 Å². The summed E-state index contributed by atoms with van der Waals surface area (Å²) in [7, 11) is 0. The molecule has 3 unspecified atom stereocenters. The van der Waals surface area contributed by atoms with Crippen molar-refractivity contribution in [3.8, 4) is 0 Å². The molecule has 0 aromatic carbocycles. The van der Waals surface area contributed by atoms with Crippen molar-refractivity contribution in [1.82, 2.24) is 9.99 Å². The smallest absolute Gasteiger partial charge is 0.263 e. The van der Waals surface area contributed by atoms with Crippen LogP contribution >= 0.6 is 15.9 Å². The lowest BCUT2D eigenvalue weighted by atomic mass is 10.2. The van der Waals surface area contributed by atoms with E-state index in [9.17, 15) is 10.1 Å². The summed E-state index contributed by atoms with van der Waals surface area (Å²) in [4.78, 5) is 14.8. The summed E-state index contributed by atoms with van der Waals surface area (Å²) in [6.45, 7) is 1.62. The number of hydrogen-bond donors (Lipinski definition) is 0. The van der Waals surface area contributed by atoms with E-state index in [2.05, 4.69) is 25.9 Å². The monoisotopic (exact) mass is 313 g/mol. The molecule has 7 heteroatoms. The van der Waals surface area contributed by atoms with Crippen molar-refractivity contribution >= 4 is 15.9 Å². The molecule has 0 radical (unpaired) electrons. The van der Waals surface area contributed by atoms with Crippen molar-refractivity contribution < 1.29 is 9.52 Å². The second kappa shape index (κ2) is 4.25. The highest BCUT2D eigenvalue weighted by atomic mass is 79.9. The van der Waals surface area contributed by atoms with Crippen LogP contribution in [0.1, 0.15) is 18.4 Å². The fourth-order valence-corrected chi connectivity index (χ4v) is 3.51. The van der Waals surface area contributed by atoms with Gasteiger partial charge in [-0.05, 0) is 28.4 Å². The first kappa shape index (κ1) is 12.0. The number of hydrogen-bond acceptors (Lipinski definition) is 4. The lowest BCUT2D eigenvalue weighted by Gasteiger charge is -2.17. The Morgan fingerprint density at radius 1 is 1.61 bits per heavy atom. The molecular formula is C11H14BrN4O2+. The first-order valence-electron chi connectivity index (χ1n) is 5.97. The molecule has 0 amide bonds. The van der Waals surface area contributed by atoms with Crippen LogP contribution in [0.5, 0.6) is 0 Å². The average Bonchev–Trinajstić information content (AvgIpc) is 2.71. The number of aromatic nitrogens is 1. The predicted octanol–water partition coefficient (Wildman–Crippen LogP) is 1.75. The third kappa shape index (κ3) is 1.92. The van der Waals surface area contributed by atoms with Crippen molar-refractivity contribution in [3.05, 3.63) is 38.6 Å². The minimum absolute atomic E-state index is 0.0167. The fourth-order valence-electron chi connectivity index (χ4n) is 3.10. The van der Waals surface area contributed by atoms with Crippen LogP contribution < -0.4 is 0 Å². The van der Waals surface area contributed by atoms with Gasteiger partial charge in [-0.15, -0.1) is 0 Å². The number of rotatable bonds is 4. The highest BCUT2D eigenvalue weighted by Crippen LogP contribution is 2.47. The topological polar surface area (TPSA) is 59.0 Å². The van der Waals surface area contributed by atoms with Gasteiger partial charge in [0.25, 0.3) is 0 Å².